The van der Waals surface area contributed by atoms with E-state index in [9.17, 15) is 0 Å². The fourth-order valence-electron chi connectivity index (χ4n) is 11.9. The molecule has 0 saturated heterocycles. The van der Waals surface area contributed by atoms with Gasteiger partial charge in [-0.3, -0.25) is 0 Å². The van der Waals surface area contributed by atoms with Crippen molar-refractivity contribution in [2.24, 2.45) is 0 Å². The second-order valence-electron chi connectivity index (χ2n) is 18.8. The lowest BCUT2D eigenvalue weighted by Gasteiger charge is -2.33. The fourth-order valence-corrected chi connectivity index (χ4v) is 11.9. The molecule has 0 fully saturated rings. The van der Waals surface area contributed by atoms with Gasteiger partial charge in [-0.1, -0.05) is 224 Å². The van der Waals surface area contributed by atoms with Crippen LogP contribution in [0.3, 0.4) is 0 Å². The minimum atomic E-state index is -0.579. The molecule has 0 aliphatic heterocycles. The predicted molar refractivity (Wildman–Crippen MR) is 294 cm³/mol. The smallest absolute Gasteiger partial charge is 0.0726 e. The Hall–Kier alpha value is -9.04. The minimum absolute atomic E-state index is 0.579. The van der Waals surface area contributed by atoms with Crippen molar-refractivity contribution in [1.29, 1.82) is 0 Å². The van der Waals surface area contributed by atoms with Gasteiger partial charge in [-0.25, -0.2) is 0 Å². The number of benzene rings is 12. The SMILES string of the molecule is c1ccc(-c2ccc3c(c2)C2(c4ccccc4-c4ccc(N(c5ccc(-c6cccc7ccccc67)cc5)c5ccc(-c6cccc7ccccc67)cc5)cc42)c2cc(-c4ccccc4)ccc2-3)cc1. The van der Waals surface area contributed by atoms with E-state index in [-0.39, 0.29) is 0 Å². The summed E-state index contributed by atoms with van der Waals surface area (Å²) in [6, 6.07) is 101. The van der Waals surface area contributed by atoms with Gasteiger partial charge in [0.1, 0.15) is 0 Å². The Morgan fingerprint density at radius 3 is 1.11 bits per heavy atom. The van der Waals surface area contributed by atoms with Crippen LogP contribution in [0, 0.1) is 0 Å². The van der Waals surface area contributed by atoms with Crippen molar-refractivity contribution in [3.05, 3.63) is 295 Å². The molecule has 2 aliphatic rings. The molecule has 1 heteroatoms. The summed E-state index contributed by atoms with van der Waals surface area (Å²) in [4.78, 5) is 2.45. The highest BCUT2D eigenvalue weighted by molar-refractivity contribution is 6.00. The van der Waals surface area contributed by atoms with Gasteiger partial charge in [0.2, 0.25) is 0 Å². The summed E-state index contributed by atoms with van der Waals surface area (Å²) in [6.45, 7) is 0. The van der Waals surface area contributed by atoms with Crippen LogP contribution in [-0.2, 0) is 5.41 Å². The van der Waals surface area contributed by atoms with Crippen LogP contribution in [0.2, 0.25) is 0 Å². The van der Waals surface area contributed by atoms with Crippen LogP contribution < -0.4 is 4.90 Å². The maximum Gasteiger partial charge on any atom is 0.0726 e. The van der Waals surface area contributed by atoms with Crippen molar-refractivity contribution in [2.75, 3.05) is 4.90 Å². The van der Waals surface area contributed by atoms with Gasteiger partial charge in [-0.05, 0) is 159 Å². The summed E-state index contributed by atoms with van der Waals surface area (Å²) < 4.78 is 0. The van der Waals surface area contributed by atoms with Gasteiger partial charge < -0.3 is 4.90 Å². The number of anilines is 3. The van der Waals surface area contributed by atoms with Crippen LogP contribution in [-0.4, -0.2) is 0 Å². The standard InChI is InChI=1S/C69H45N/c1-3-15-46(16-4-1)52-33-40-62-63-41-34-53(47-17-5-2-6-18-47)44-67(63)69(66(62)43-52)65-28-12-11-25-61(65)64-42-39-56(45-68(64)69)70(54-35-29-50(30-36-54)59-26-13-21-48-19-7-9-23-57(48)59)55-37-31-51(32-38-55)60-27-14-22-49-20-8-10-24-58(49)60/h1-45H. The van der Waals surface area contributed by atoms with Crippen LogP contribution in [0.4, 0.5) is 17.1 Å². The van der Waals surface area contributed by atoms with E-state index >= 15 is 0 Å². The summed E-state index contributed by atoms with van der Waals surface area (Å²) in [5.41, 5.74) is 22.8. The molecule has 1 spiro atoms. The lowest BCUT2D eigenvalue weighted by atomic mass is 9.69. The topological polar surface area (TPSA) is 3.24 Å². The van der Waals surface area contributed by atoms with E-state index in [1.807, 2.05) is 0 Å². The first-order valence-electron chi connectivity index (χ1n) is 24.3. The molecule has 0 unspecified atom stereocenters. The molecule has 12 aromatic rings. The van der Waals surface area contributed by atoms with E-state index in [4.69, 9.17) is 0 Å². The molecule has 0 heterocycles. The normalized spacial score (nSPS) is 12.7. The highest BCUT2D eigenvalue weighted by atomic mass is 15.1. The lowest BCUT2D eigenvalue weighted by molar-refractivity contribution is 0.794. The van der Waals surface area contributed by atoms with E-state index in [1.54, 1.807) is 0 Å². The fraction of sp³-hybridized carbons (Fsp3) is 0.0145. The number of nitrogens with zero attached hydrogens (tertiary/aromatic N) is 1. The van der Waals surface area contributed by atoms with E-state index < -0.39 is 5.41 Å². The van der Waals surface area contributed by atoms with Crippen LogP contribution in [0.25, 0.3) is 88.3 Å². The zero-order chi connectivity index (χ0) is 46.2. The predicted octanol–water partition coefficient (Wildman–Crippen LogP) is 18.5. The molecule has 0 radical (unpaired) electrons. The Labute approximate surface area is 408 Å². The summed E-state index contributed by atoms with van der Waals surface area (Å²) in [7, 11) is 0. The average molecular weight is 888 g/mol. The Kier molecular flexibility index (Phi) is 9.19. The number of rotatable bonds is 7. The molecule has 70 heavy (non-hydrogen) atoms. The minimum Gasteiger partial charge on any atom is -0.310 e. The van der Waals surface area contributed by atoms with Crippen molar-refractivity contribution in [3.63, 3.8) is 0 Å². The van der Waals surface area contributed by atoms with Crippen LogP contribution in [0.5, 0.6) is 0 Å². The van der Waals surface area contributed by atoms with E-state index in [2.05, 4.69) is 278 Å². The molecular weight excluding hydrogens is 843 g/mol. The van der Waals surface area contributed by atoms with Gasteiger partial charge in [0.25, 0.3) is 0 Å². The Bertz CT molecular complexity index is 3760. The Balaban J connectivity index is 0.993. The number of fused-ring (bicyclic) bond motifs is 12. The largest absolute Gasteiger partial charge is 0.310 e. The molecule has 0 N–H and O–H groups in total. The van der Waals surface area contributed by atoms with E-state index in [1.165, 1.54) is 111 Å². The maximum atomic E-state index is 2.51. The van der Waals surface area contributed by atoms with Gasteiger partial charge >= 0.3 is 0 Å². The summed E-state index contributed by atoms with van der Waals surface area (Å²) >= 11 is 0. The van der Waals surface area contributed by atoms with E-state index in [0.29, 0.717) is 0 Å². The first-order valence-corrected chi connectivity index (χ1v) is 24.3. The number of hydrogen-bond donors (Lipinski definition) is 0. The van der Waals surface area contributed by atoms with Gasteiger partial charge in [0.15, 0.2) is 0 Å². The van der Waals surface area contributed by atoms with Crippen molar-refractivity contribution in [1.82, 2.24) is 0 Å². The van der Waals surface area contributed by atoms with Crippen molar-refractivity contribution in [2.45, 2.75) is 5.41 Å². The molecule has 12 aromatic carbocycles. The third-order valence-corrected chi connectivity index (χ3v) is 15.1. The molecule has 0 amide bonds. The molecule has 326 valence electrons. The molecule has 0 saturated carbocycles. The summed E-state index contributed by atoms with van der Waals surface area (Å²) in [5, 5.41) is 4.99. The van der Waals surface area contributed by atoms with Gasteiger partial charge in [0, 0.05) is 17.1 Å². The zero-order valence-corrected chi connectivity index (χ0v) is 38.4. The molecule has 0 atom stereocenters. The van der Waals surface area contributed by atoms with Crippen LogP contribution in [0.1, 0.15) is 22.3 Å². The van der Waals surface area contributed by atoms with E-state index in [0.717, 1.165) is 17.1 Å². The molecule has 0 bridgehead atoms. The number of hydrogen-bond acceptors (Lipinski definition) is 1. The molecule has 0 aromatic heterocycles. The molecule has 14 rings (SSSR count). The monoisotopic (exact) mass is 887 g/mol. The maximum absolute atomic E-state index is 2.51. The molecule has 2 aliphatic carbocycles. The van der Waals surface area contributed by atoms with Crippen molar-refractivity contribution in [3.8, 4) is 66.8 Å². The second-order valence-corrected chi connectivity index (χ2v) is 18.8. The highest BCUT2D eigenvalue weighted by Crippen LogP contribution is 2.64. The second kappa shape index (κ2) is 16.0. The van der Waals surface area contributed by atoms with Gasteiger partial charge in [-0.15, -0.1) is 0 Å². The van der Waals surface area contributed by atoms with Gasteiger partial charge in [-0.2, -0.15) is 0 Å². The average Bonchev–Trinajstić information content (AvgIpc) is 3.90. The van der Waals surface area contributed by atoms with Crippen molar-refractivity contribution >= 4 is 38.6 Å². The summed E-state index contributed by atoms with van der Waals surface area (Å²) in [6.07, 6.45) is 0. The quantitative estimate of drug-likeness (QED) is 0.154. The third-order valence-electron chi connectivity index (χ3n) is 15.1. The third kappa shape index (κ3) is 6.18. The first kappa shape index (κ1) is 40.1. The van der Waals surface area contributed by atoms with Gasteiger partial charge in [0.05, 0.1) is 5.41 Å². The Morgan fingerprint density at radius 2 is 0.586 bits per heavy atom. The first-order chi connectivity index (χ1) is 34.7. The van der Waals surface area contributed by atoms with Crippen LogP contribution in [0.15, 0.2) is 273 Å². The lowest BCUT2D eigenvalue weighted by Crippen LogP contribution is -2.26. The zero-order valence-electron chi connectivity index (χ0n) is 38.4. The summed E-state index contributed by atoms with van der Waals surface area (Å²) in [5.74, 6) is 0. The van der Waals surface area contributed by atoms with Crippen molar-refractivity contribution < 1.29 is 0 Å². The Morgan fingerprint density at radius 1 is 0.214 bits per heavy atom. The highest BCUT2D eigenvalue weighted by Gasteiger charge is 2.52. The van der Waals surface area contributed by atoms with Crippen LogP contribution >= 0.6 is 0 Å². The molecular formula is C69H45N. The molecule has 1 nitrogen and oxygen atoms in total.